The lowest BCUT2D eigenvalue weighted by molar-refractivity contribution is -0.137. The van der Waals surface area contributed by atoms with Crippen LogP contribution in [0.4, 0.5) is 5.69 Å². The van der Waals surface area contributed by atoms with Crippen molar-refractivity contribution in [2.45, 2.75) is 12.2 Å². The van der Waals surface area contributed by atoms with E-state index in [2.05, 4.69) is 22.9 Å². The summed E-state index contributed by atoms with van der Waals surface area (Å²) in [5, 5.41) is 3.84. The number of aromatic nitrogens is 1. The van der Waals surface area contributed by atoms with Crippen LogP contribution in [-0.4, -0.2) is 52.4 Å². The molecule has 152 valence electrons. The molecule has 1 aliphatic heterocycles. The van der Waals surface area contributed by atoms with Crippen LogP contribution in [0, 0.1) is 0 Å². The van der Waals surface area contributed by atoms with Gasteiger partial charge in [-0.05, 0) is 12.1 Å². The molecule has 0 bridgehead atoms. The Kier molecular flexibility index (Phi) is 5.52. The number of rotatable bonds is 4. The first-order valence-corrected chi connectivity index (χ1v) is 10.1. The quantitative estimate of drug-likeness (QED) is 0.564. The molecule has 2 atom stereocenters. The van der Waals surface area contributed by atoms with Crippen molar-refractivity contribution in [3.8, 4) is 0 Å². The Labute approximate surface area is 179 Å². The molecule has 8 heteroatoms. The van der Waals surface area contributed by atoms with E-state index in [1.54, 1.807) is 6.20 Å². The molecule has 1 aliphatic rings. The summed E-state index contributed by atoms with van der Waals surface area (Å²) >= 11 is 4.10. The Balaban J connectivity index is 1.92. The van der Waals surface area contributed by atoms with Crippen LogP contribution >= 0.6 is 12.6 Å². The molecule has 7 nitrogen and oxygen atoms in total. The van der Waals surface area contributed by atoms with Crippen molar-refractivity contribution < 1.29 is 9.59 Å². The maximum atomic E-state index is 13.0. The van der Waals surface area contributed by atoms with Gasteiger partial charge in [0, 0.05) is 35.5 Å². The second-order valence-electron chi connectivity index (χ2n) is 7.01. The van der Waals surface area contributed by atoms with Gasteiger partial charge in [0.25, 0.3) is 5.91 Å². The Morgan fingerprint density at radius 1 is 1.17 bits per heavy atom. The number of aliphatic imine (C=N–C) groups is 1. The molecule has 1 aromatic heterocycles. The molecule has 3 N–H and O–H groups in total. The number of nitrogens with one attached hydrogen (secondary N) is 1. The van der Waals surface area contributed by atoms with E-state index in [1.807, 2.05) is 54.6 Å². The van der Waals surface area contributed by atoms with Gasteiger partial charge in [-0.1, -0.05) is 42.5 Å². The largest absolute Gasteiger partial charge is 0.322 e. The first-order valence-electron chi connectivity index (χ1n) is 9.46. The first-order chi connectivity index (χ1) is 14.5. The second kappa shape index (κ2) is 8.25. The number of fused-ring (bicyclic) bond motifs is 2. The number of thiol groups is 1. The highest BCUT2D eigenvalue weighted by Crippen LogP contribution is 2.28. The minimum atomic E-state index is -1.08. The molecular weight excluding hydrogens is 398 g/mol. The van der Waals surface area contributed by atoms with Gasteiger partial charge < -0.3 is 16.0 Å². The predicted molar refractivity (Wildman–Crippen MR) is 121 cm³/mol. The molecule has 0 fully saturated rings. The smallest absolute Gasteiger partial charge is 0.269 e. The van der Waals surface area contributed by atoms with Crippen LogP contribution in [-0.2, 0) is 9.59 Å². The van der Waals surface area contributed by atoms with Gasteiger partial charge >= 0.3 is 0 Å². The summed E-state index contributed by atoms with van der Waals surface area (Å²) < 4.78 is 0. The zero-order valence-corrected chi connectivity index (χ0v) is 17.2. The van der Waals surface area contributed by atoms with Crippen molar-refractivity contribution in [1.82, 2.24) is 9.88 Å². The molecule has 0 spiro atoms. The van der Waals surface area contributed by atoms with Crippen LogP contribution in [0.3, 0.4) is 0 Å². The number of likely N-dealkylation sites (N-methyl/N-ethyl adjacent to an activating group) is 1. The molecular formula is C22H21N5O2S. The van der Waals surface area contributed by atoms with E-state index < -0.39 is 24.0 Å². The van der Waals surface area contributed by atoms with Crippen molar-refractivity contribution in [2.75, 3.05) is 18.1 Å². The van der Waals surface area contributed by atoms with Crippen LogP contribution in [0.25, 0.3) is 10.9 Å². The standard InChI is InChI=1S/C22H21N5O2S/c1-27(22(29)16(23)12-30)20-21(28)25-17-10-3-2-8-14(17)19(26-20)15-9-4-6-13-7-5-11-24-18(13)15/h2-11,16,20,30H,12,23H2,1H3,(H,25,28)/t16-,20?/m1/s1. The number of carbonyl (C=O) groups excluding carboxylic acids is 2. The number of benzodiazepines with no additional fused rings is 1. The molecule has 0 radical (unpaired) electrons. The lowest BCUT2D eigenvalue weighted by atomic mass is 9.98. The van der Waals surface area contributed by atoms with Crippen LogP contribution in [0.1, 0.15) is 11.1 Å². The van der Waals surface area contributed by atoms with Gasteiger partial charge in [0.1, 0.15) is 0 Å². The Bertz CT molecular complexity index is 1160. The number of nitrogens with two attached hydrogens (primary N) is 1. The summed E-state index contributed by atoms with van der Waals surface area (Å²) in [6, 6.07) is 16.2. The SMILES string of the molecule is CN(C(=O)[C@H](N)CS)C1N=C(c2cccc3cccnc23)c2ccccc2NC1=O. The Hall–Kier alpha value is -3.23. The molecule has 1 unspecified atom stereocenters. The minimum absolute atomic E-state index is 0.168. The third-order valence-corrected chi connectivity index (χ3v) is 5.44. The van der Waals surface area contributed by atoms with Crippen LogP contribution in [0.15, 0.2) is 65.8 Å². The Morgan fingerprint density at radius 2 is 1.90 bits per heavy atom. The summed E-state index contributed by atoms with van der Waals surface area (Å²) in [4.78, 5) is 36.2. The highest BCUT2D eigenvalue weighted by Gasteiger charge is 2.33. The first kappa shape index (κ1) is 20.1. The summed E-state index contributed by atoms with van der Waals surface area (Å²) in [5.74, 6) is -0.648. The monoisotopic (exact) mass is 419 g/mol. The van der Waals surface area contributed by atoms with Crippen LogP contribution < -0.4 is 11.1 Å². The van der Waals surface area contributed by atoms with Crippen molar-refractivity contribution in [3.05, 3.63) is 71.9 Å². The molecule has 0 aliphatic carbocycles. The third kappa shape index (κ3) is 3.55. The van der Waals surface area contributed by atoms with Gasteiger partial charge in [-0.2, -0.15) is 12.6 Å². The number of benzene rings is 2. The number of amides is 2. The molecule has 0 saturated carbocycles. The van der Waals surface area contributed by atoms with Crippen molar-refractivity contribution in [3.63, 3.8) is 0 Å². The number of pyridine rings is 1. The normalized spacial score (nSPS) is 16.8. The summed E-state index contributed by atoms with van der Waals surface area (Å²) in [5.41, 5.74) is 9.36. The van der Waals surface area contributed by atoms with Crippen molar-refractivity contribution in [2.24, 2.45) is 10.7 Å². The average molecular weight is 420 g/mol. The number of nitrogens with zero attached hydrogens (tertiary/aromatic N) is 3. The van der Waals surface area contributed by atoms with Crippen LogP contribution in [0.5, 0.6) is 0 Å². The second-order valence-corrected chi connectivity index (χ2v) is 7.37. The zero-order valence-electron chi connectivity index (χ0n) is 16.3. The van der Waals surface area contributed by atoms with Gasteiger partial charge in [-0.25, -0.2) is 4.99 Å². The lowest BCUT2D eigenvalue weighted by Gasteiger charge is -2.25. The van der Waals surface area contributed by atoms with Gasteiger partial charge in [0.05, 0.1) is 23.0 Å². The zero-order chi connectivity index (χ0) is 21.3. The fraction of sp³-hybridized carbons (Fsp3) is 0.182. The van der Waals surface area contributed by atoms with Gasteiger partial charge in [-0.3, -0.25) is 14.6 Å². The lowest BCUT2D eigenvalue weighted by Crippen LogP contribution is -2.50. The van der Waals surface area contributed by atoms with E-state index in [9.17, 15) is 9.59 Å². The summed E-state index contributed by atoms with van der Waals surface area (Å²) in [6.45, 7) is 0. The molecule has 2 aromatic carbocycles. The van der Waals surface area contributed by atoms with Gasteiger partial charge in [-0.15, -0.1) is 0 Å². The van der Waals surface area contributed by atoms with E-state index in [0.717, 1.165) is 22.0 Å². The maximum absolute atomic E-state index is 13.0. The number of anilines is 1. The summed E-state index contributed by atoms with van der Waals surface area (Å²) in [6.07, 6.45) is 0.641. The fourth-order valence-electron chi connectivity index (χ4n) is 3.48. The molecule has 2 heterocycles. The molecule has 4 rings (SSSR count). The fourth-order valence-corrected chi connectivity index (χ4v) is 3.64. The number of hydrogen-bond acceptors (Lipinski definition) is 6. The van der Waals surface area contributed by atoms with E-state index in [4.69, 9.17) is 10.7 Å². The van der Waals surface area contributed by atoms with E-state index in [-0.39, 0.29) is 5.75 Å². The van der Waals surface area contributed by atoms with Crippen LogP contribution in [0.2, 0.25) is 0 Å². The van der Waals surface area contributed by atoms with Gasteiger partial charge in [0.15, 0.2) is 0 Å². The molecule has 0 saturated heterocycles. The molecule has 30 heavy (non-hydrogen) atoms. The van der Waals surface area contributed by atoms with Crippen molar-refractivity contribution in [1.29, 1.82) is 0 Å². The Morgan fingerprint density at radius 3 is 2.70 bits per heavy atom. The highest BCUT2D eigenvalue weighted by atomic mass is 32.1. The van der Waals surface area contributed by atoms with E-state index in [0.29, 0.717) is 11.4 Å². The van der Waals surface area contributed by atoms with Crippen molar-refractivity contribution >= 4 is 46.7 Å². The average Bonchev–Trinajstić information content (AvgIpc) is 2.93. The van der Waals surface area contributed by atoms with E-state index >= 15 is 0 Å². The summed E-state index contributed by atoms with van der Waals surface area (Å²) in [7, 11) is 1.52. The number of carbonyl (C=O) groups is 2. The molecule has 3 aromatic rings. The number of para-hydroxylation sites is 2. The highest BCUT2D eigenvalue weighted by molar-refractivity contribution is 7.80. The predicted octanol–water partition coefficient (Wildman–Crippen LogP) is 2.07. The minimum Gasteiger partial charge on any atom is -0.322 e. The van der Waals surface area contributed by atoms with Gasteiger partial charge in [0.2, 0.25) is 12.1 Å². The topological polar surface area (TPSA) is 101 Å². The molecule has 2 amide bonds. The van der Waals surface area contributed by atoms with E-state index in [1.165, 1.54) is 11.9 Å². The third-order valence-electron chi connectivity index (χ3n) is 5.04. The number of hydrogen-bond donors (Lipinski definition) is 3. The maximum Gasteiger partial charge on any atom is 0.269 e.